The summed E-state index contributed by atoms with van der Waals surface area (Å²) in [6.45, 7) is 8.82. The molecule has 1 aliphatic rings. The van der Waals surface area contributed by atoms with Crippen LogP contribution in [0.5, 0.6) is 0 Å². The number of H-pyrrole nitrogens is 1. The van der Waals surface area contributed by atoms with Crippen LogP contribution in [0.4, 0.5) is 0 Å². The maximum atomic E-state index is 12.6. The average molecular weight is 351 g/mol. The Balaban J connectivity index is 1.55. The van der Waals surface area contributed by atoms with Crippen molar-refractivity contribution in [1.82, 2.24) is 24.5 Å². The van der Waals surface area contributed by atoms with Crippen LogP contribution >= 0.6 is 0 Å². The number of likely N-dealkylation sites (tertiary alicyclic amines) is 1. The molecule has 6 nitrogen and oxygen atoms in total. The number of nitrogens with zero attached hydrogens (tertiary/aromatic N) is 4. The van der Waals surface area contributed by atoms with Crippen LogP contribution in [0.3, 0.4) is 0 Å². The number of aryl methyl sites for hydroxylation is 2. The molecule has 0 amide bonds. The van der Waals surface area contributed by atoms with E-state index in [0.29, 0.717) is 12.3 Å². The molecule has 4 heterocycles. The Morgan fingerprint density at radius 2 is 2.12 bits per heavy atom. The van der Waals surface area contributed by atoms with Gasteiger partial charge in [-0.2, -0.15) is 0 Å². The first-order valence-corrected chi connectivity index (χ1v) is 9.31. The molecule has 0 saturated carbocycles. The third kappa shape index (κ3) is 3.05. The largest absolute Gasteiger partial charge is 0.297 e. The van der Waals surface area contributed by atoms with Crippen molar-refractivity contribution in [3.05, 3.63) is 63.0 Å². The van der Waals surface area contributed by atoms with Gasteiger partial charge >= 0.3 is 0 Å². The van der Waals surface area contributed by atoms with Gasteiger partial charge in [0.2, 0.25) is 0 Å². The molecular weight excluding hydrogens is 326 g/mol. The summed E-state index contributed by atoms with van der Waals surface area (Å²) < 4.78 is 1.60. The number of pyridine rings is 1. The Morgan fingerprint density at radius 1 is 1.27 bits per heavy atom. The monoisotopic (exact) mass is 351 g/mol. The van der Waals surface area contributed by atoms with Gasteiger partial charge in [-0.3, -0.25) is 19.8 Å². The van der Waals surface area contributed by atoms with E-state index in [4.69, 9.17) is 0 Å². The zero-order chi connectivity index (χ0) is 18.3. The summed E-state index contributed by atoms with van der Waals surface area (Å²) in [5.74, 6) is 0.395. The zero-order valence-corrected chi connectivity index (χ0v) is 15.6. The molecule has 3 aromatic rings. The molecule has 0 spiro atoms. The van der Waals surface area contributed by atoms with Gasteiger partial charge in [-0.05, 0) is 45.4 Å². The van der Waals surface area contributed by atoms with Crippen LogP contribution in [0, 0.1) is 13.8 Å². The smallest absolute Gasteiger partial charge is 0.276 e. The lowest BCUT2D eigenvalue weighted by Gasteiger charge is -2.15. The molecule has 0 aromatic carbocycles. The summed E-state index contributed by atoms with van der Waals surface area (Å²) in [4.78, 5) is 24.3. The lowest BCUT2D eigenvalue weighted by atomic mass is 10.1. The second-order valence-corrected chi connectivity index (χ2v) is 7.23. The van der Waals surface area contributed by atoms with Crippen molar-refractivity contribution in [1.29, 1.82) is 0 Å². The van der Waals surface area contributed by atoms with Crippen LogP contribution in [-0.4, -0.2) is 37.6 Å². The molecule has 26 heavy (non-hydrogen) atoms. The summed E-state index contributed by atoms with van der Waals surface area (Å²) in [6.07, 6.45) is 1.78. The molecule has 1 aliphatic heterocycles. The van der Waals surface area contributed by atoms with Gasteiger partial charge in [0.25, 0.3) is 5.56 Å². The summed E-state index contributed by atoms with van der Waals surface area (Å²) in [5, 5.41) is 3.30. The fourth-order valence-corrected chi connectivity index (χ4v) is 3.95. The lowest BCUT2D eigenvalue weighted by molar-refractivity contribution is 0.322. The molecule has 6 heteroatoms. The lowest BCUT2D eigenvalue weighted by Crippen LogP contribution is -2.22. The SMILES string of the molecule is CCc1c(C)nc2cc(C3CCN(Cc4cccc(C)n4)C3)[nH]n2c1=O. The minimum atomic E-state index is 0.0278. The second-order valence-electron chi connectivity index (χ2n) is 7.23. The number of fused-ring (bicyclic) bond motifs is 1. The summed E-state index contributed by atoms with van der Waals surface area (Å²) in [6, 6.07) is 8.21. The molecular formula is C20H25N5O. The topological polar surface area (TPSA) is 66.3 Å². The van der Waals surface area contributed by atoms with Gasteiger partial charge in [-0.1, -0.05) is 13.0 Å². The standard InChI is InChI=1S/C20H25N5O/c1-4-17-14(3)22-19-10-18(23-25(19)20(17)26)15-8-9-24(11-15)12-16-7-5-6-13(2)21-16/h5-7,10,15,23H,4,8-9,11-12H2,1-3H3. The maximum Gasteiger partial charge on any atom is 0.276 e. The third-order valence-electron chi connectivity index (χ3n) is 5.33. The highest BCUT2D eigenvalue weighted by atomic mass is 16.1. The third-order valence-corrected chi connectivity index (χ3v) is 5.33. The molecule has 1 saturated heterocycles. The molecule has 1 N–H and O–H groups in total. The van der Waals surface area contributed by atoms with E-state index in [0.717, 1.165) is 60.0 Å². The van der Waals surface area contributed by atoms with Crippen LogP contribution in [-0.2, 0) is 13.0 Å². The van der Waals surface area contributed by atoms with E-state index < -0.39 is 0 Å². The molecule has 0 bridgehead atoms. The number of hydrogen-bond donors (Lipinski definition) is 1. The zero-order valence-electron chi connectivity index (χ0n) is 15.6. The number of hydrogen-bond acceptors (Lipinski definition) is 4. The van der Waals surface area contributed by atoms with Crippen molar-refractivity contribution in [2.75, 3.05) is 13.1 Å². The Bertz CT molecular complexity index is 1000. The van der Waals surface area contributed by atoms with Gasteiger partial charge in [-0.15, -0.1) is 0 Å². The minimum Gasteiger partial charge on any atom is -0.297 e. The van der Waals surface area contributed by atoms with Crippen LogP contribution < -0.4 is 5.56 Å². The van der Waals surface area contributed by atoms with E-state index >= 15 is 0 Å². The van der Waals surface area contributed by atoms with Crippen molar-refractivity contribution >= 4 is 5.65 Å². The fourth-order valence-electron chi connectivity index (χ4n) is 3.95. The summed E-state index contributed by atoms with van der Waals surface area (Å²) >= 11 is 0. The van der Waals surface area contributed by atoms with E-state index in [1.54, 1.807) is 4.52 Å². The van der Waals surface area contributed by atoms with Gasteiger partial charge in [-0.25, -0.2) is 9.50 Å². The van der Waals surface area contributed by atoms with Crippen molar-refractivity contribution in [2.24, 2.45) is 0 Å². The van der Waals surface area contributed by atoms with Crippen molar-refractivity contribution in [2.45, 2.75) is 46.1 Å². The number of rotatable bonds is 4. The van der Waals surface area contributed by atoms with Crippen LogP contribution in [0.15, 0.2) is 29.1 Å². The van der Waals surface area contributed by atoms with Crippen molar-refractivity contribution in [3.63, 3.8) is 0 Å². The van der Waals surface area contributed by atoms with Crippen molar-refractivity contribution < 1.29 is 0 Å². The van der Waals surface area contributed by atoms with Gasteiger partial charge in [0.1, 0.15) is 0 Å². The van der Waals surface area contributed by atoms with Gasteiger partial charge in [0.05, 0.1) is 5.69 Å². The highest BCUT2D eigenvalue weighted by Crippen LogP contribution is 2.27. The number of nitrogens with one attached hydrogen (secondary N) is 1. The average Bonchev–Trinajstić information content (AvgIpc) is 3.22. The van der Waals surface area contributed by atoms with Gasteiger partial charge in [0.15, 0.2) is 5.65 Å². The molecule has 0 radical (unpaired) electrons. The molecule has 136 valence electrons. The molecule has 1 fully saturated rings. The predicted octanol–water partition coefficient (Wildman–Crippen LogP) is 2.59. The predicted molar refractivity (Wildman–Crippen MR) is 102 cm³/mol. The van der Waals surface area contributed by atoms with Crippen LogP contribution in [0.2, 0.25) is 0 Å². The van der Waals surface area contributed by atoms with Crippen molar-refractivity contribution in [3.8, 4) is 0 Å². The Hall–Kier alpha value is -2.47. The van der Waals surface area contributed by atoms with Crippen LogP contribution in [0.1, 0.15) is 47.6 Å². The highest BCUT2D eigenvalue weighted by molar-refractivity contribution is 5.42. The highest BCUT2D eigenvalue weighted by Gasteiger charge is 2.26. The quantitative estimate of drug-likeness (QED) is 0.785. The normalized spacial score (nSPS) is 18.0. The van der Waals surface area contributed by atoms with Gasteiger partial charge in [0, 0.05) is 47.7 Å². The molecule has 1 unspecified atom stereocenters. The van der Waals surface area contributed by atoms with Gasteiger partial charge < -0.3 is 0 Å². The summed E-state index contributed by atoms with van der Waals surface area (Å²) in [7, 11) is 0. The Morgan fingerprint density at radius 3 is 2.88 bits per heavy atom. The first-order chi connectivity index (χ1) is 12.5. The fraction of sp³-hybridized carbons (Fsp3) is 0.450. The molecule has 3 aromatic heterocycles. The Kier molecular flexibility index (Phi) is 4.36. The van der Waals surface area contributed by atoms with E-state index in [1.807, 2.05) is 32.9 Å². The molecule has 4 rings (SSSR count). The number of aromatic nitrogens is 4. The van der Waals surface area contributed by atoms with E-state index in [-0.39, 0.29) is 5.56 Å². The van der Waals surface area contributed by atoms with E-state index in [1.165, 1.54) is 0 Å². The number of aromatic amines is 1. The minimum absolute atomic E-state index is 0.0278. The molecule has 1 atom stereocenters. The summed E-state index contributed by atoms with van der Waals surface area (Å²) in [5.41, 5.74) is 5.64. The van der Waals surface area contributed by atoms with Crippen LogP contribution in [0.25, 0.3) is 5.65 Å². The van der Waals surface area contributed by atoms with E-state index in [2.05, 4.69) is 32.1 Å². The van der Waals surface area contributed by atoms with E-state index in [9.17, 15) is 4.79 Å². The molecule has 0 aliphatic carbocycles. The Labute approximate surface area is 152 Å². The second kappa shape index (κ2) is 6.68. The first kappa shape index (κ1) is 17.0. The maximum absolute atomic E-state index is 12.6. The first-order valence-electron chi connectivity index (χ1n) is 9.31.